The zero-order valence-electron chi connectivity index (χ0n) is 24.9. The van der Waals surface area contributed by atoms with Gasteiger partial charge in [0.25, 0.3) is 0 Å². The Balaban J connectivity index is 1.32. The Bertz CT molecular complexity index is 2650. The summed E-state index contributed by atoms with van der Waals surface area (Å²) >= 11 is 0. The van der Waals surface area contributed by atoms with Crippen LogP contribution in [0.5, 0.6) is 0 Å². The van der Waals surface area contributed by atoms with E-state index in [0.717, 1.165) is 39.1 Å². The van der Waals surface area contributed by atoms with Crippen LogP contribution in [0, 0.1) is 11.3 Å². The number of nitriles is 1. The summed E-state index contributed by atoms with van der Waals surface area (Å²) in [6, 6.07) is 60.2. The van der Waals surface area contributed by atoms with Crippen LogP contribution in [0.15, 0.2) is 164 Å². The van der Waals surface area contributed by atoms with Crippen molar-refractivity contribution in [1.29, 1.82) is 5.26 Å². The molecule has 46 heavy (non-hydrogen) atoms. The number of benzene rings is 7. The molecule has 0 aliphatic heterocycles. The van der Waals surface area contributed by atoms with Crippen molar-refractivity contribution in [2.24, 2.45) is 0 Å². The van der Waals surface area contributed by atoms with Crippen LogP contribution in [0.2, 0.25) is 0 Å². The molecule has 9 aromatic rings. The highest BCUT2D eigenvalue weighted by atomic mass is 15.0. The highest BCUT2D eigenvalue weighted by Gasteiger charge is 2.19. The van der Waals surface area contributed by atoms with E-state index in [2.05, 4.69) is 161 Å². The standard InChI is InChI=1S/C43H27N3/c44-28-29-12-8-17-33(26-29)46-41-25-7-5-19-37(41)39-23-11-21-35(43(39)46)31-14-9-13-30(27-31)34-20-10-22-38-36-18-4-6-24-40(36)45(42(34)38)32-15-2-1-3-16-32/h1-27H. The van der Waals surface area contributed by atoms with Gasteiger partial charge in [0.05, 0.1) is 33.7 Å². The van der Waals surface area contributed by atoms with Crippen molar-refractivity contribution < 1.29 is 0 Å². The molecule has 0 N–H and O–H groups in total. The van der Waals surface area contributed by atoms with Gasteiger partial charge in [-0.3, -0.25) is 0 Å². The first kappa shape index (κ1) is 26.1. The summed E-state index contributed by atoms with van der Waals surface area (Å²) in [5.41, 5.74) is 12.1. The molecule has 0 amide bonds. The van der Waals surface area contributed by atoms with Crippen molar-refractivity contribution in [3.8, 4) is 39.7 Å². The van der Waals surface area contributed by atoms with E-state index in [1.54, 1.807) is 0 Å². The van der Waals surface area contributed by atoms with Gasteiger partial charge in [-0.05, 0) is 59.7 Å². The average Bonchev–Trinajstić information content (AvgIpc) is 3.65. The van der Waals surface area contributed by atoms with E-state index in [1.807, 2.05) is 18.2 Å². The van der Waals surface area contributed by atoms with Crippen molar-refractivity contribution in [2.75, 3.05) is 0 Å². The Labute approximate surface area is 266 Å². The van der Waals surface area contributed by atoms with Gasteiger partial charge in [0.2, 0.25) is 0 Å². The van der Waals surface area contributed by atoms with E-state index in [9.17, 15) is 5.26 Å². The highest BCUT2D eigenvalue weighted by molar-refractivity contribution is 6.15. The molecule has 0 aliphatic carbocycles. The first-order valence-electron chi connectivity index (χ1n) is 15.5. The van der Waals surface area contributed by atoms with Crippen LogP contribution in [0.4, 0.5) is 0 Å². The molecule has 2 aromatic heterocycles. The van der Waals surface area contributed by atoms with Gasteiger partial charge in [0.15, 0.2) is 0 Å². The fourth-order valence-electron chi connectivity index (χ4n) is 7.19. The summed E-state index contributed by atoms with van der Waals surface area (Å²) in [6.45, 7) is 0. The summed E-state index contributed by atoms with van der Waals surface area (Å²) < 4.78 is 4.70. The van der Waals surface area contributed by atoms with Crippen LogP contribution in [-0.2, 0) is 0 Å². The Kier molecular flexibility index (Phi) is 5.88. The first-order valence-corrected chi connectivity index (χ1v) is 15.5. The fourth-order valence-corrected chi connectivity index (χ4v) is 7.19. The van der Waals surface area contributed by atoms with Crippen LogP contribution in [0.3, 0.4) is 0 Å². The van der Waals surface area contributed by atoms with Crippen LogP contribution in [0.1, 0.15) is 5.56 Å². The van der Waals surface area contributed by atoms with Gasteiger partial charge in [0, 0.05) is 44.0 Å². The lowest BCUT2D eigenvalue weighted by atomic mass is 9.96. The quantitative estimate of drug-likeness (QED) is 0.202. The van der Waals surface area contributed by atoms with E-state index in [-0.39, 0.29) is 0 Å². The second kappa shape index (κ2) is 10.4. The van der Waals surface area contributed by atoms with Crippen LogP contribution >= 0.6 is 0 Å². The van der Waals surface area contributed by atoms with E-state index < -0.39 is 0 Å². The van der Waals surface area contributed by atoms with Gasteiger partial charge in [-0.15, -0.1) is 0 Å². The summed E-state index contributed by atoms with van der Waals surface area (Å²) in [7, 11) is 0. The highest BCUT2D eigenvalue weighted by Crippen LogP contribution is 2.41. The van der Waals surface area contributed by atoms with Gasteiger partial charge in [-0.2, -0.15) is 5.26 Å². The molecule has 0 spiro atoms. The van der Waals surface area contributed by atoms with Gasteiger partial charge >= 0.3 is 0 Å². The number of rotatable bonds is 4. The molecule has 3 nitrogen and oxygen atoms in total. The summed E-state index contributed by atoms with van der Waals surface area (Å²) in [5, 5.41) is 14.6. The summed E-state index contributed by atoms with van der Waals surface area (Å²) in [4.78, 5) is 0. The lowest BCUT2D eigenvalue weighted by Gasteiger charge is -2.14. The van der Waals surface area contributed by atoms with E-state index in [4.69, 9.17) is 0 Å². The number of hydrogen-bond donors (Lipinski definition) is 0. The second-order valence-electron chi connectivity index (χ2n) is 11.7. The van der Waals surface area contributed by atoms with Crippen LogP contribution in [-0.4, -0.2) is 9.13 Å². The molecule has 9 rings (SSSR count). The molecule has 0 saturated heterocycles. The predicted molar refractivity (Wildman–Crippen MR) is 191 cm³/mol. The van der Waals surface area contributed by atoms with Crippen molar-refractivity contribution in [1.82, 2.24) is 9.13 Å². The van der Waals surface area contributed by atoms with Crippen molar-refractivity contribution in [3.63, 3.8) is 0 Å². The van der Waals surface area contributed by atoms with Crippen LogP contribution in [0.25, 0.3) is 77.2 Å². The van der Waals surface area contributed by atoms with Gasteiger partial charge in [-0.1, -0.05) is 115 Å². The molecule has 0 bridgehead atoms. The van der Waals surface area contributed by atoms with Gasteiger partial charge < -0.3 is 9.13 Å². The topological polar surface area (TPSA) is 33.6 Å². The molecule has 0 fully saturated rings. The third-order valence-corrected chi connectivity index (χ3v) is 9.12. The minimum Gasteiger partial charge on any atom is -0.309 e. The second-order valence-corrected chi connectivity index (χ2v) is 11.7. The zero-order valence-corrected chi connectivity index (χ0v) is 24.9. The van der Waals surface area contributed by atoms with Crippen LogP contribution < -0.4 is 0 Å². The Morgan fingerprint density at radius 3 is 1.48 bits per heavy atom. The number of fused-ring (bicyclic) bond motifs is 6. The van der Waals surface area contributed by atoms with Gasteiger partial charge in [0.1, 0.15) is 0 Å². The third kappa shape index (κ3) is 3.91. The van der Waals surface area contributed by atoms with E-state index in [1.165, 1.54) is 38.1 Å². The molecular weight excluding hydrogens is 558 g/mol. The monoisotopic (exact) mass is 585 g/mol. The molecule has 0 saturated carbocycles. The smallest absolute Gasteiger partial charge is 0.0992 e. The Morgan fingerprint density at radius 2 is 0.870 bits per heavy atom. The minimum atomic E-state index is 0.643. The summed E-state index contributed by atoms with van der Waals surface area (Å²) in [5.74, 6) is 0. The van der Waals surface area contributed by atoms with E-state index >= 15 is 0 Å². The lowest BCUT2D eigenvalue weighted by Crippen LogP contribution is -1.96. The third-order valence-electron chi connectivity index (χ3n) is 9.12. The van der Waals surface area contributed by atoms with Gasteiger partial charge in [-0.25, -0.2) is 0 Å². The molecule has 2 heterocycles. The maximum Gasteiger partial charge on any atom is 0.0992 e. The zero-order chi connectivity index (χ0) is 30.6. The Hall–Kier alpha value is -6.37. The maximum absolute atomic E-state index is 9.71. The predicted octanol–water partition coefficient (Wildman–Crippen LogP) is 11.1. The summed E-state index contributed by atoms with van der Waals surface area (Å²) in [6.07, 6.45) is 0. The lowest BCUT2D eigenvalue weighted by molar-refractivity contribution is 1.18. The maximum atomic E-state index is 9.71. The number of aromatic nitrogens is 2. The molecule has 0 unspecified atom stereocenters. The Morgan fingerprint density at radius 1 is 0.391 bits per heavy atom. The molecule has 214 valence electrons. The van der Waals surface area contributed by atoms with Crippen molar-refractivity contribution >= 4 is 43.6 Å². The van der Waals surface area contributed by atoms with Crippen molar-refractivity contribution in [3.05, 3.63) is 169 Å². The molecule has 7 aromatic carbocycles. The average molecular weight is 586 g/mol. The molecule has 0 atom stereocenters. The molecule has 0 aliphatic rings. The first-order chi connectivity index (χ1) is 22.8. The SMILES string of the molecule is N#Cc1cccc(-n2c3ccccc3c3cccc(-c4cccc(-c5cccc6c7ccccc7n(-c7ccccc7)c56)c4)c32)c1. The van der Waals surface area contributed by atoms with E-state index in [0.29, 0.717) is 5.56 Å². The number of hydrogen-bond acceptors (Lipinski definition) is 1. The largest absolute Gasteiger partial charge is 0.309 e. The molecule has 3 heteroatoms. The number of para-hydroxylation sites is 5. The fraction of sp³-hybridized carbons (Fsp3) is 0. The normalized spacial score (nSPS) is 11.5. The number of nitrogens with zero attached hydrogens (tertiary/aromatic N) is 3. The molecular formula is C43H27N3. The minimum absolute atomic E-state index is 0.643. The molecule has 0 radical (unpaired) electrons. The van der Waals surface area contributed by atoms with Crippen molar-refractivity contribution in [2.45, 2.75) is 0 Å².